The highest BCUT2D eigenvalue weighted by molar-refractivity contribution is 5.83. The van der Waals surface area contributed by atoms with E-state index in [1.807, 2.05) is 0 Å². The van der Waals surface area contributed by atoms with E-state index in [-0.39, 0.29) is 0 Å². The van der Waals surface area contributed by atoms with Crippen LogP contribution in [0.2, 0.25) is 0 Å². The van der Waals surface area contributed by atoms with Crippen LogP contribution in [-0.2, 0) is 4.79 Å². The molecule has 1 N–H and O–H groups in total. The van der Waals surface area contributed by atoms with E-state index in [1.54, 1.807) is 14.1 Å². The lowest BCUT2D eigenvalue weighted by Crippen LogP contribution is -2.05. The Morgan fingerprint density at radius 3 is 2.22 bits per heavy atom. The third kappa shape index (κ3) is 3.52. The van der Waals surface area contributed by atoms with Crippen LogP contribution < -0.4 is 0 Å². The summed E-state index contributed by atoms with van der Waals surface area (Å²) in [7, 11) is 3.09. The molecule has 0 aliphatic heterocycles. The highest BCUT2D eigenvalue weighted by Gasteiger charge is 2.03. The van der Waals surface area contributed by atoms with Gasteiger partial charge in [-0.15, -0.1) is 0 Å². The average molecular weight is 133 g/mol. The largest absolute Gasteiger partial charge is 0.476 e. The van der Waals surface area contributed by atoms with Crippen LogP contribution in [0.1, 0.15) is 0 Å². The van der Waals surface area contributed by atoms with Crippen molar-refractivity contribution < 1.29 is 14.3 Å². The molecule has 3 nitrogen and oxygen atoms in total. The summed E-state index contributed by atoms with van der Waals surface area (Å²) in [5.41, 5.74) is 0. The van der Waals surface area contributed by atoms with E-state index in [9.17, 15) is 9.18 Å². The molecule has 0 saturated carbocycles. The summed E-state index contributed by atoms with van der Waals surface area (Å²) >= 11 is 0. The first-order valence-corrected chi connectivity index (χ1v) is 2.31. The standard InChI is InChI=1S/C5H8FNO2/c1-7(2)3-4(6)5(8)9/h3H,1-2H3,(H,8,9)/b4-3-. The molecule has 0 atom stereocenters. The van der Waals surface area contributed by atoms with Gasteiger partial charge in [-0.25, -0.2) is 4.79 Å². The molecule has 0 aromatic rings. The second-order valence-corrected chi connectivity index (χ2v) is 1.75. The first-order valence-electron chi connectivity index (χ1n) is 2.31. The van der Waals surface area contributed by atoms with Gasteiger partial charge in [0.2, 0.25) is 5.83 Å². The Labute approximate surface area is 52.4 Å². The van der Waals surface area contributed by atoms with Crippen molar-refractivity contribution in [3.63, 3.8) is 0 Å². The smallest absolute Gasteiger partial charge is 0.366 e. The van der Waals surface area contributed by atoms with E-state index in [2.05, 4.69) is 0 Å². The summed E-state index contributed by atoms with van der Waals surface area (Å²) < 4.78 is 12.0. The third-order valence-electron chi connectivity index (χ3n) is 0.576. The monoisotopic (exact) mass is 133 g/mol. The van der Waals surface area contributed by atoms with Gasteiger partial charge in [-0.2, -0.15) is 4.39 Å². The molecule has 0 fully saturated rings. The minimum Gasteiger partial charge on any atom is -0.476 e. The average Bonchev–Trinajstić information content (AvgIpc) is 1.63. The zero-order chi connectivity index (χ0) is 7.44. The normalized spacial score (nSPS) is 11.2. The molecule has 0 aromatic carbocycles. The number of carbonyl (C=O) groups is 1. The van der Waals surface area contributed by atoms with Crippen molar-refractivity contribution in [2.45, 2.75) is 0 Å². The summed E-state index contributed by atoms with van der Waals surface area (Å²) in [5, 5.41) is 7.96. The molecular formula is C5H8FNO2. The summed E-state index contributed by atoms with van der Waals surface area (Å²) in [6, 6.07) is 0. The fourth-order valence-corrected chi connectivity index (χ4v) is 0.282. The van der Waals surface area contributed by atoms with Crippen molar-refractivity contribution in [2.75, 3.05) is 14.1 Å². The lowest BCUT2D eigenvalue weighted by atomic mass is 10.5. The topological polar surface area (TPSA) is 40.5 Å². The fraction of sp³-hybridized carbons (Fsp3) is 0.400. The Hall–Kier alpha value is -1.06. The molecule has 0 spiro atoms. The van der Waals surface area contributed by atoms with E-state index in [1.165, 1.54) is 4.90 Å². The van der Waals surface area contributed by atoms with E-state index in [0.717, 1.165) is 6.20 Å². The first kappa shape index (κ1) is 7.94. The van der Waals surface area contributed by atoms with Crippen LogP contribution in [0.3, 0.4) is 0 Å². The van der Waals surface area contributed by atoms with Crippen LogP contribution in [0.4, 0.5) is 4.39 Å². The van der Waals surface area contributed by atoms with Gasteiger partial charge in [0, 0.05) is 20.3 Å². The molecule has 0 rings (SSSR count). The van der Waals surface area contributed by atoms with Crippen LogP contribution >= 0.6 is 0 Å². The molecule has 0 unspecified atom stereocenters. The predicted molar refractivity (Wildman–Crippen MR) is 30.5 cm³/mol. The van der Waals surface area contributed by atoms with E-state index in [0.29, 0.717) is 0 Å². The lowest BCUT2D eigenvalue weighted by molar-refractivity contribution is -0.134. The van der Waals surface area contributed by atoms with Crippen molar-refractivity contribution in [1.29, 1.82) is 0 Å². The molecule has 0 radical (unpaired) electrons. The van der Waals surface area contributed by atoms with Crippen LogP contribution in [0.15, 0.2) is 12.0 Å². The van der Waals surface area contributed by atoms with Gasteiger partial charge in [0.25, 0.3) is 0 Å². The third-order valence-corrected chi connectivity index (χ3v) is 0.576. The molecular weight excluding hydrogens is 125 g/mol. The Morgan fingerprint density at radius 2 is 2.11 bits per heavy atom. The maximum absolute atomic E-state index is 12.0. The highest BCUT2D eigenvalue weighted by Crippen LogP contribution is 1.95. The van der Waals surface area contributed by atoms with Gasteiger partial charge in [-0.3, -0.25) is 0 Å². The zero-order valence-corrected chi connectivity index (χ0v) is 5.26. The summed E-state index contributed by atoms with van der Waals surface area (Å²) in [5.74, 6) is -2.69. The van der Waals surface area contributed by atoms with Gasteiger partial charge in [0.05, 0.1) is 0 Å². The molecule has 0 aliphatic carbocycles. The Morgan fingerprint density at radius 1 is 1.67 bits per heavy atom. The molecule has 0 heterocycles. The van der Waals surface area contributed by atoms with Gasteiger partial charge in [-0.1, -0.05) is 0 Å². The second kappa shape index (κ2) is 3.06. The van der Waals surface area contributed by atoms with Gasteiger partial charge < -0.3 is 10.0 Å². The first-order chi connectivity index (χ1) is 4.04. The Balaban J connectivity index is 4.00. The van der Waals surface area contributed by atoms with Crippen molar-refractivity contribution >= 4 is 5.97 Å². The molecule has 0 aromatic heterocycles. The maximum atomic E-state index is 12.0. The summed E-state index contributed by atoms with van der Waals surface area (Å²) in [6.07, 6.45) is 0.891. The lowest BCUT2D eigenvalue weighted by Gasteiger charge is -2.01. The number of aliphatic carboxylic acids is 1. The van der Waals surface area contributed by atoms with Gasteiger partial charge in [0.15, 0.2) is 0 Å². The number of nitrogens with zero attached hydrogens (tertiary/aromatic N) is 1. The molecule has 52 valence electrons. The van der Waals surface area contributed by atoms with Crippen LogP contribution in [0, 0.1) is 0 Å². The van der Waals surface area contributed by atoms with Crippen LogP contribution in [0.25, 0.3) is 0 Å². The van der Waals surface area contributed by atoms with E-state index < -0.39 is 11.8 Å². The molecule has 0 amide bonds. The van der Waals surface area contributed by atoms with Gasteiger partial charge >= 0.3 is 5.97 Å². The quantitative estimate of drug-likeness (QED) is 0.556. The zero-order valence-electron chi connectivity index (χ0n) is 5.26. The Bertz CT molecular complexity index is 142. The molecule has 9 heavy (non-hydrogen) atoms. The van der Waals surface area contributed by atoms with Crippen LogP contribution in [0.5, 0.6) is 0 Å². The number of carboxylic acids is 1. The minimum absolute atomic E-state index is 0.891. The van der Waals surface area contributed by atoms with E-state index >= 15 is 0 Å². The SMILES string of the molecule is CN(C)/C=C(\F)C(=O)O. The number of halogens is 1. The molecule has 0 bridgehead atoms. The van der Waals surface area contributed by atoms with Crippen molar-refractivity contribution in [1.82, 2.24) is 4.90 Å². The van der Waals surface area contributed by atoms with E-state index in [4.69, 9.17) is 5.11 Å². The van der Waals surface area contributed by atoms with Gasteiger partial charge in [0.1, 0.15) is 0 Å². The Kier molecular flexibility index (Phi) is 2.70. The van der Waals surface area contributed by atoms with Crippen LogP contribution in [-0.4, -0.2) is 30.1 Å². The molecule has 0 saturated heterocycles. The van der Waals surface area contributed by atoms with Gasteiger partial charge in [-0.05, 0) is 0 Å². The van der Waals surface area contributed by atoms with Crippen molar-refractivity contribution in [3.05, 3.63) is 12.0 Å². The van der Waals surface area contributed by atoms with Crippen molar-refractivity contribution in [3.8, 4) is 0 Å². The summed E-state index contributed by atoms with van der Waals surface area (Å²) in [4.78, 5) is 11.1. The number of rotatable bonds is 2. The molecule has 4 heteroatoms. The second-order valence-electron chi connectivity index (χ2n) is 1.75. The number of hydrogen-bond donors (Lipinski definition) is 1. The number of hydrogen-bond acceptors (Lipinski definition) is 2. The minimum atomic E-state index is -1.54. The summed E-state index contributed by atoms with van der Waals surface area (Å²) in [6.45, 7) is 0. The number of carboxylic acid groups (broad SMARTS) is 1. The predicted octanol–water partition coefficient (Wildman–Crippen LogP) is 0.443. The highest BCUT2D eigenvalue weighted by atomic mass is 19.1. The fourth-order valence-electron chi connectivity index (χ4n) is 0.282. The maximum Gasteiger partial charge on any atom is 0.366 e. The molecule has 0 aliphatic rings. The van der Waals surface area contributed by atoms with Crippen molar-refractivity contribution in [2.24, 2.45) is 0 Å².